The Kier molecular flexibility index (Phi) is 7.28. The number of amidine groups is 1. The number of hydrogen-bond acceptors (Lipinski definition) is 5. The normalized spacial score (nSPS) is 22.8. The van der Waals surface area contributed by atoms with Crippen LogP contribution in [0.4, 0.5) is 0 Å². The molecule has 1 aromatic rings. The molecule has 3 aliphatic rings. The van der Waals surface area contributed by atoms with Gasteiger partial charge in [0.05, 0.1) is 24.4 Å². The molecule has 0 unspecified atom stereocenters. The van der Waals surface area contributed by atoms with Gasteiger partial charge in [-0.2, -0.15) is 0 Å². The minimum atomic E-state index is -0.500. The first kappa shape index (κ1) is 25.4. The number of rotatable bonds is 9. The van der Waals surface area contributed by atoms with Gasteiger partial charge in [-0.1, -0.05) is 44.4 Å². The number of carbonyl (C=O) groups is 1. The van der Waals surface area contributed by atoms with Crippen LogP contribution < -0.4 is 5.46 Å². The van der Waals surface area contributed by atoms with Gasteiger partial charge in [0, 0.05) is 13.0 Å². The van der Waals surface area contributed by atoms with Crippen LogP contribution in [0.2, 0.25) is 0 Å². The smallest absolute Gasteiger partial charge is 0.399 e. The lowest BCUT2D eigenvalue weighted by Crippen LogP contribution is -2.41. The van der Waals surface area contributed by atoms with E-state index < -0.39 is 23.9 Å². The monoisotopic (exact) mass is 468 g/mol. The minimum absolute atomic E-state index is 0.192. The first-order valence-corrected chi connectivity index (χ1v) is 13.1. The van der Waals surface area contributed by atoms with Crippen LogP contribution in [-0.2, 0) is 32.0 Å². The first-order valence-electron chi connectivity index (χ1n) is 13.1. The van der Waals surface area contributed by atoms with Crippen LogP contribution in [0.5, 0.6) is 0 Å². The van der Waals surface area contributed by atoms with Crippen molar-refractivity contribution in [2.75, 3.05) is 6.61 Å². The van der Waals surface area contributed by atoms with E-state index in [1.807, 2.05) is 11.8 Å². The summed E-state index contributed by atoms with van der Waals surface area (Å²) in [5, 5.41) is 0. The molecule has 2 aliphatic heterocycles. The standard InChI is InChI=1S/C27H41BN2O4/c1-7-9-12-23-29-27(15-10-11-16-27)24(31)30(23)18-20-13-14-22(21(17-20)19-32-8-2)28-33-25(3,4)26(5,6)34-28/h13-14,17H,7-12,15-16,18-19H2,1-6H3. The van der Waals surface area contributed by atoms with Crippen LogP contribution in [0.3, 0.4) is 0 Å². The van der Waals surface area contributed by atoms with Crippen molar-refractivity contribution < 1.29 is 18.8 Å². The highest BCUT2D eigenvalue weighted by Gasteiger charge is 2.52. The van der Waals surface area contributed by atoms with Crippen molar-refractivity contribution in [1.82, 2.24) is 4.90 Å². The molecule has 0 radical (unpaired) electrons. The van der Waals surface area contributed by atoms with Gasteiger partial charge in [0.15, 0.2) is 0 Å². The first-order chi connectivity index (χ1) is 16.1. The summed E-state index contributed by atoms with van der Waals surface area (Å²) >= 11 is 0. The largest absolute Gasteiger partial charge is 0.495 e. The van der Waals surface area contributed by atoms with E-state index in [2.05, 4.69) is 52.8 Å². The Hall–Kier alpha value is -1.70. The molecule has 4 rings (SSSR count). The topological polar surface area (TPSA) is 60.4 Å². The molecule has 1 saturated heterocycles. The van der Waals surface area contributed by atoms with Gasteiger partial charge in [-0.3, -0.25) is 14.7 Å². The SMILES string of the molecule is CCCCC1=NC2(CCCC2)C(=O)N1Cc1ccc(B2OC(C)(C)C(C)(C)O2)c(COCC)c1. The summed E-state index contributed by atoms with van der Waals surface area (Å²) in [5.41, 5.74) is 1.83. The van der Waals surface area contributed by atoms with E-state index in [-0.39, 0.29) is 5.91 Å². The third kappa shape index (κ3) is 4.71. The highest BCUT2D eigenvalue weighted by atomic mass is 16.7. The fraction of sp³-hybridized carbons (Fsp3) is 0.704. The maximum atomic E-state index is 13.5. The molecule has 6 nitrogen and oxygen atoms in total. The lowest BCUT2D eigenvalue weighted by Gasteiger charge is -2.32. The minimum Gasteiger partial charge on any atom is -0.399 e. The fourth-order valence-electron chi connectivity index (χ4n) is 5.18. The average molecular weight is 468 g/mol. The second-order valence-corrected chi connectivity index (χ2v) is 11.0. The summed E-state index contributed by atoms with van der Waals surface area (Å²) in [7, 11) is -0.439. The zero-order chi connectivity index (χ0) is 24.6. The lowest BCUT2D eigenvalue weighted by molar-refractivity contribution is -0.131. The molecule has 1 amide bonds. The van der Waals surface area contributed by atoms with Crippen molar-refractivity contribution in [2.24, 2.45) is 4.99 Å². The highest BCUT2D eigenvalue weighted by molar-refractivity contribution is 6.62. The Bertz CT molecular complexity index is 921. The molecule has 34 heavy (non-hydrogen) atoms. The molecule has 0 N–H and O–H groups in total. The zero-order valence-electron chi connectivity index (χ0n) is 21.9. The number of nitrogens with zero attached hydrogens (tertiary/aromatic N) is 2. The quantitative estimate of drug-likeness (QED) is 0.490. The molecule has 7 heteroatoms. The van der Waals surface area contributed by atoms with Gasteiger partial charge in [-0.05, 0) is 70.5 Å². The van der Waals surface area contributed by atoms with E-state index in [9.17, 15) is 4.79 Å². The summed E-state index contributed by atoms with van der Waals surface area (Å²) in [4.78, 5) is 20.5. The molecular formula is C27H41BN2O4. The second-order valence-electron chi connectivity index (χ2n) is 11.0. The fourth-order valence-corrected chi connectivity index (χ4v) is 5.18. The summed E-state index contributed by atoms with van der Waals surface area (Å²) in [6.07, 6.45) is 6.95. The van der Waals surface area contributed by atoms with Crippen LogP contribution in [0.1, 0.15) is 97.6 Å². The van der Waals surface area contributed by atoms with Crippen molar-refractivity contribution in [3.8, 4) is 0 Å². The van der Waals surface area contributed by atoms with E-state index >= 15 is 0 Å². The predicted octanol–water partition coefficient (Wildman–Crippen LogP) is 4.77. The third-order valence-corrected chi connectivity index (χ3v) is 8.00. The molecule has 0 atom stereocenters. The molecule has 186 valence electrons. The van der Waals surface area contributed by atoms with Gasteiger partial charge in [-0.15, -0.1) is 0 Å². The van der Waals surface area contributed by atoms with Crippen LogP contribution in [0.15, 0.2) is 23.2 Å². The van der Waals surface area contributed by atoms with Crippen molar-refractivity contribution in [3.05, 3.63) is 29.3 Å². The molecule has 1 spiro atoms. The molecule has 1 aliphatic carbocycles. The van der Waals surface area contributed by atoms with Gasteiger partial charge in [0.25, 0.3) is 5.91 Å². The third-order valence-electron chi connectivity index (χ3n) is 8.00. The van der Waals surface area contributed by atoms with E-state index in [0.29, 0.717) is 19.8 Å². The van der Waals surface area contributed by atoms with Gasteiger partial charge in [-0.25, -0.2) is 0 Å². The van der Waals surface area contributed by atoms with Crippen molar-refractivity contribution >= 4 is 24.3 Å². The summed E-state index contributed by atoms with van der Waals surface area (Å²) in [6, 6.07) is 6.33. The Morgan fingerprint density at radius 3 is 2.38 bits per heavy atom. The van der Waals surface area contributed by atoms with E-state index in [0.717, 1.165) is 67.4 Å². The van der Waals surface area contributed by atoms with Gasteiger partial charge < -0.3 is 14.0 Å². The van der Waals surface area contributed by atoms with Crippen LogP contribution in [0, 0.1) is 0 Å². The predicted molar refractivity (Wildman–Crippen MR) is 136 cm³/mol. The number of unbranched alkanes of at least 4 members (excludes halogenated alkanes) is 1. The molecule has 0 aromatic heterocycles. The van der Waals surface area contributed by atoms with Gasteiger partial charge >= 0.3 is 7.12 Å². The molecule has 0 bridgehead atoms. The van der Waals surface area contributed by atoms with Crippen molar-refractivity contribution in [2.45, 2.75) is 116 Å². The van der Waals surface area contributed by atoms with Crippen LogP contribution in [-0.4, -0.2) is 47.1 Å². The molecular weight excluding hydrogens is 427 g/mol. The van der Waals surface area contributed by atoms with E-state index in [4.69, 9.17) is 19.0 Å². The van der Waals surface area contributed by atoms with E-state index in [1.54, 1.807) is 0 Å². The molecule has 1 aromatic carbocycles. The summed E-state index contributed by atoms with van der Waals surface area (Å²) in [5.74, 6) is 1.16. The van der Waals surface area contributed by atoms with Crippen LogP contribution in [0.25, 0.3) is 0 Å². The van der Waals surface area contributed by atoms with E-state index in [1.165, 1.54) is 0 Å². The maximum absolute atomic E-state index is 13.5. The van der Waals surface area contributed by atoms with Gasteiger partial charge in [0.2, 0.25) is 0 Å². The number of amides is 1. The second kappa shape index (κ2) is 9.75. The molecule has 2 heterocycles. The zero-order valence-corrected chi connectivity index (χ0v) is 21.9. The van der Waals surface area contributed by atoms with Crippen LogP contribution >= 0.6 is 0 Å². The number of carbonyl (C=O) groups excluding carboxylic acids is 1. The summed E-state index contributed by atoms with van der Waals surface area (Å²) in [6.45, 7) is 14.1. The number of benzene rings is 1. The van der Waals surface area contributed by atoms with Crippen molar-refractivity contribution in [3.63, 3.8) is 0 Å². The maximum Gasteiger partial charge on any atom is 0.495 e. The Labute approximate surface area is 205 Å². The number of hydrogen-bond donors (Lipinski definition) is 0. The molecule has 1 saturated carbocycles. The van der Waals surface area contributed by atoms with Crippen molar-refractivity contribution in [1.29, 1.82) is 0 Å². The highest BCUT2D eigenvalue weighted by Crippen LogP contribution is 2.40. The molecule has 2 fully saturated rings. The Morgan fingerprint density at radius 1 is 1.09 bits per heavy atom. The average Bonchev–Trinajstić information content (AvgIpc) is 3.42. The van der Waals surface area contributed by atoms with Gasteiger partial charge in [0.1, 0.15) is 11.4 Å². The summed E-state index contributed by atoms with van der Waals surface area (Å²) < 4.78 is 18.5. The number of ether oxygens (including phenoxy) is 1. The Morgan fingerprint density at radius 2 is 1.76 bits per heavy atom. The number of aliphatic imine (C=N–C) groups is 1. The Balaban J connectivity index is 1.59. The lowest BCUT2D eigenvalue weighted by atomic mass is 9.75.